The highest BCUT2D eigenvalue weighted by molar-refractivity contribution is 7.09. The van der Waals surface area contributed by atoms with E-state index in [1.54, 1.807) is 39.4 Å². The molecule has 0 radical (unpaired) electrons. The van der Waals surface area contributed by atoms with Crippen LogP contribution >= 0.6 is 11.3 Å². The van der Waals surface area contributed by atoms with Crippen molar-refractivity contribution in [1.29, 1.82) is 0 Å². The average molecular weight is 972 g/mol. The predicted molar refractivity (Wildman–Crippen MR) is 267 cm³/mol. The van der Waals surface area contributed by atoms with E-state index in [2.05, 4.69) is 15.6 Å². The summed E-state index contributed by atoms with van der Waals surface area (Å²) in [5.41, 5.74) is 0.490. The van der Waals surface area contributed by atoms with E-state index in [1.807, 2.05) is 122 Å². The van der Waals surface area contributed by atoms with Gasteiger partial charge in [-0.15, -0.1) is 11.3 Å². The summed E-state index contributed by atoms with van der Waals surface area (Å²) in [6, 6.07) is 7.43. The van der Waals surface area contributed by atoms with Crippen LogP contribution in [0.3, 0.4) is 0 Å². The average Bonchev–Trinajstić information content (AvgIpc) is 4.01. The minimum Gasteiger partial charge on any atom is -0.444 e. The van der Waals surface area contributed by atoms with Crippen LogP contribution in [0.15, 0.2) is 41.9 Å². The Morgan fingerprint density at radius 1 is 0.897 bits per heavy atom. The van der Waals surface area contributed by atoms with E-state index in [1.165, 1.54) is 16.2 Å². The quantitative estimate of drug-likeness (QED) is 0.0944. The Morgan fingerprint density at radius 2 is 1.56 bits per heavy atom. The number of aromatic nitrogens is 1. The number of amides is 5. The van der Waals surface area contributed by atoms with Crippen molar-refractivity contribution >= 4 is 41.1 Å². The van der Waals surface area contributed by atoms with Gasteiger partial charge in [-0.25, -0.2) is 9.78 Å². The van der Waals surface area contributed by atoms with Crippen LogP contribution in [-0.4, -0.2) is 164 Å². The zero-order chi connectivity index (χ0) is 50.9. The molecule has 0 aliphatic carbocycles. The van der Waals surface area contributed by atoms with Gasteiger partial charge in [0.15, 0.2) is 0 Å². The predicted octanol–water partition coefficient (Wildman–Crippen LogP) is 6.44. The third-order valence-electron chi connectivity index (χ3n) is 13.1. The van der Waals surface area contributed by atoms with Crippen LogP contribution in [0.5, 0.6) is 0 Å². The molecule has 1 aliphatic heterocycles. The molecule has 384 valence electrons. The standard InChI is InChI=1S/C51H85N7O9S/c1-16-35(6)44(57(13)49(62)42(33(2)3)54-47(61)43(34(4)5)55(11)26-28-66-29-27-56(12)50(63)67-51(8,9)10)40(64-14)32-41(59)58-25-20-23-39(58)45(65-15)36(7)46(60)53-38(48-52-24-30-68-48)31-37-21-18-17-19-22-37/h17-19,21-22,24,30,33-36,38-40,42-45H,16,20,23,25-29,31-32H2,1-15H3,(H,53,60)(H,54,61)/t35-,36+,38-,39-,40+,42-,43+,44-,45+/m0/s1. The van der Waals surface area contributed by atoms with Gasteiger partial charge in [0.2, 0.25) is 23.6 Å². The molecule has 1 saturated heterocycles. The fourth-order valence-corrected chi connectivity index (χ4v) is 9.82. The molecule has 1 aliphatic rings. The molecule has 0 unspecified atom stereocenters. The van der Waals surface area contributed by atoms with Gasteiger partial charge in [-0.05, 0) is 70.4 Å². The number of hydrogen-bond donors (Lipinski definition) is 2. The largest absolute Gasteiger partial charge is 0.444 e. The number of carbonyl (C=O) groups is 5. The van der Waals surface area contributed by atoms with E-state index in [9.17, 15) is 24.0 Å². The van der Waals surface area contributed by atoms with Crippen LogP contribution in [0.4, 0.5) is 4.79 Å². The van der Waals surface area contributed by atoms with E-state index in [-0.39, 0.29) is 59.9 Å². The van der Waals surface area contributed by atoms with Crippen LogP contribution in [0, 0.1) is 23.7 Å². The molecule has 1 fully saturated rings. The van der Waals surface area contributed by atoms with Gasteiger partial charge in [0.05, 0.1) is 61.9 Å². The number of nitrogens with zero attached hydrogens (tertiary/aromatic N) is 5. The van der Waals surface area contributed by atoms with Crippen LogP contribution in [0.25, 0.3) is 0 Å². The molecule has 2 heterocycles. The van der Waals surface area contributed by atoms with Crippen LogP contribution in [0.1, 0.15) is 112 Å². The number of rotatable bonds is 27. The first-order valence-corrected chi connectivity index (χ1v) is 25.3. The fourth-order valence-electron chi connectivity index (χ4n) is 9.13. The van der Waals surface area contributed by atoms with Gasteiger partial charge in [-0.3, -0.25) is 24.1 Å². The Morgan fingerprint density at radius 3 is 2.12 bits per heavy atom. The Kier molecular flexibility index (Phi) is 23.8. The summed E-state index contributed by atoms with van der Waals surface area (Å²) in [5.74, 6) is -1.82. The molecule has 1 aromatic heterocycles. The molecule has 5 amide bonds. The summed E-state index contributed by atoms with van der Waals surface area (Å²) in [6.45, 7) is 21.1. The Labute approximate surface area is 411 Å². The Bertz CT molecular complexity index is 1850. The lowest BCUT2D eigenvalue weighted by atomic mass is 9.89. The highest BCUT2D eigenvalue weighted by Crippen LogP contribution is 2.31. The second-order valence-corrected chi connectivity index (χ2v) is 21.1. The van der Waals surface area contributed by atoms with Crippen molar-refractivity contribution in [3.63, 3.8) is 0 Å². The molecule has 2 N–H and O–H groups in total. The van der Waals surface area contributed by atoms with Crippen molar-refractivity contribution in [2.24, 2.45) is 23.7 Å². The second-order valence-electron chi connectivity index (χ2n) is 20.1. The normalized spacial score (nSPS) is 17.8. The van der Waals surface area contributed by atoms with Gasteiger partial charge in [-0.2, -0.15) is 0 Å². The molecule has 3 rings (SSSR count). The topological polar surface area (TPSA) is 172 Å². The van der Waals surface area contributed by atoms with E-state index >= 15 is 0 Å². The van der Waals surface area contributed by atoms with Crippen LogP contribution in [0.2, 0.25) is 0 Å². The maximum Gasteiger partial charge on any atom is 0.410 e. The third-order valence-corrected chi connectivity index (χ3v) is 14.0. The van der Waals surface area contributed by atoms with Crippen molar-refractivity contribution in [2.45, 2.75) is 149 Å². The molecule has 0 saturated carbocycles. The zero-order valence-corrected chi connectivity index (χ0v) is 44.6. The molecule has 68 heavy (non-hydrogen) atoms. The lowest BCUT2D eigenvalue weighted by Crippen LogP contribution is -2.60. The lowest BCUT2D eigenvalue weighted by Gasteiger charge is -2.41. The zero-order valence-electron chi connectivity index (χ0n) is 43.8. The lowest BCUT2D eigenvalue weighted by molar-refractivity contribution is -0.148. The number of carbonyl (C=O) groups excluding carboxylic acids is 5. The second kappa shape index (κ2) is 27.9. The molecular formula is C51H85N7O9S. The first-order valence-electron chi connectivity index (χ1n) is 24.4. The monoisotopic (exact) mass is 972 g/mol. The third kappa shape index (κ3) is 17.1. The van der Waals surface area contributed by atoms with Crippen molar-refractivity contribution in [3.8, 4) is 0 Å². The Hall–Kier alpha value is -4.16. The molecule has 17 heteroatoms. The molecule has 16 nitrogen and oxygen atoms in total. The first kappa shape index (κ1) is 58.2. The molecule has 2 aromatic rings. The minimum atomic E-state index is -0.845. The minimum absolute atomic E-state index is 0.0120. The maximum absolute atomic E-state index is 14.6. The molecular weight excluding hydrogens is 887 g/mol. The summed E-state index contributed by atoms with van der Waals surface area (Å²) < 4.78 is 23.4. The van der Waals surface area contributed by atoms with Gasteiger partial charge >= 0.3 is 6.09 Å². The van der Waals surface area contributed by atoms with Crippen LogP contribution < -0.4 is 10.6 Å². The molecule has 0 bridgehead atoms. The molecule has 1 aromatic carbocycles. The van der Waals surface area contributed by atoms with E-state index in [0.717, 1.165) is 17.0 Å². The number of ether oxygens (including phenoxy) is 4. The van der Waals surface area contributed by atoms with Crippen molar-refractivity contribution in [2.75, 3.05) is 68.2 Å². The summed E-state index contributed by atoms with van der Waals surface area (Å²) >= 11 is 1.50. The fraction of sp³-hybridized carbons (Fsp3) is 0.725. The van der Waals surface area contributed by atoms with Gasteiger partial charge in [-0.1, -0.05) is 85.2 Å². The number of nitrogens with one attached hydrogen (secondary N) is 2. The van der Waals surface area contributed by atoms with Crippen molar-refractivity contribution in [3.05, 3.63) is 52.5 Å². The SMILES string of the molecule is CC[C@H](C)[C@@H]([C@@H](CC(=O)N1CCC[C@H]1[C@H](OC)[C@@H](C)C(=O)N[C@@H](Cc1ccccc1)c1nccs1)OC)N(C)C(=O)[C@@H](NC(=O)[C@@H](C(C)C)N(C)CCOCCN(C)C(=O)OC(C)(C)C)C(C)C. The number of hydrogen-bond acceptors (Lipinski definition) is 12. The number of methoxy groups -OCH3 is 2. The van der Waals surface area contributed by atoms with Gasteiger partial charge in [0, 0.05) is 59.5 Å². The summed E-state index contributed by atoms with van der Waals surface area (Å²) in [7, 11) is 8.41. The maximum atomic E-state index is 14.6. The number of likely N-dealkylation sites (tertiary alicyclic amines) is 1. The van der Waals surface area contributed by atoms with E-state index < -0.39 is 47.9 Å². The van der Waals surface area contributed by atoms with Crippen molar-refractivity contribution in [1.82, 2.24) is 35.2 Å². The van der Waals surface area contributed by atoms with Crippen molar-refractivity contribution < 1.29 is 42.9 Å². The summed E-state index contributed by atoms with van der Waals surface area (Å²) in [4.78, 5) is 81.0. The molecule has 9 atom stereocenters. The van der Waals surface area contributed by atoms with E-state index in [4.69, 9.17) is 18.9 Å². The smallest absolute Gasteiger partial charge is 0.410 e. The van der Waals surface area contributed by atoms with E-state index in [0.29, 0.717) is 52.1 Å². The number of benzene rings is 1. The summed E-state index contributed by atoms with van der Waals surface area (Å²) in [5, 5.41) is 9.06. The molecule has 0 spiro atoms. The number of likely N-dealkylation sites (N-methyl/N-ethyl adjacent to an activating group) is 3. The number of thiazole rings is 1. The van der Waals surface area contributed by atoms with Crippen LogP contribution in [-0.2, 0) is 44.5 Å². The Balaban J connectivity index is 1.71. The highest BCUT2D eigenvalue weighted by Gasteiger charge is 2.43. The first-order chi connectivity index (χ1) is 32.1. The van der Waals surface area contributed by atoms with Gasteiger partial charge in [0.1, 0.15) is 16.7 Å². The summed E-state index contributed by atoms with van der Waals surface area (Å²) in [6.07, 6.45) is 2.83. The van der Waals surface area contributed by atoms with Gasteiger partial charge in [0.25, 0.3) is 0 Å². The van der Waals surface area contributed by atoms with Gasteiger partial charge < -0.3 is 44.3 Å². The highest BCUT2D eigenvalue weighted by atomic mass is 32.1.